The number of carbonyl (C=O) groups excluding carboxylic acids is 1. The fourth-order valence-corrected chi connectivity index (χ4v) is 4.44. The number of carbonyl (C=O) groups is 1. The van der Waals surface area contributed by atoms with Crippen molar-refractivity contribution in [1.29, 1.82) is 0 Å². The van der Waals surface area contributed by atoms with Gasteiger partial charge in [0.15, 0.2) is 11.6 Å². The van der Waals surface area contributed by atoms with Crippen LogP contribution >= 0.6 is 0 Å². The van der Waals surface area contributed by atoms with Crippen LogP contribution in [0.1, 0.15) is 33.8 Å². The van der Waals surface area contributed by atoms with Gasteiger partial charge in [0.1, 0.15) is 17.9 Å². The van der Waals surface area contributed by atoms with Gasteiger partial charge in [-0.1, -0.05) is 12.1 Å². The molecule has 0 unspecified atom stereocenters. The summed E-state index contributed by atoms with van der Waals surface area (Å²) in [6.45, 7) is 4.50. The van der Waals surface area contributed by atoms with Gasteiger partial charge in [-0.25, -0.2) is 14.4 Å². The summed E-state index contributed by atoms with van der Waals surface area (Å²) in [4.78, 5) is 30.0. The molecule has 1 saturated heterocycles. The van der Waals surface area contributed by atoms with Gasteiger partial charge in [0, 0.05) is 51.3 Å². The minimum atomic E-state index is -0.459. The van der Waals surface area contributed by atoms with Gasteiger partial charge in [0.2, 0.25) is 0 Å². The summed E-state index contributed by atoms with van der Waals surface area (Å²) in [5.41, 5.74) is 2.58. The zero-order valence-corrected chi connectivity index (χ0v) is 20.5. The van der Waals surface area contributed by atoms with E-state index in [4.69, 9.17) is 9.40 Å². The Labute approximate surface area is 209 Å². The summed E-state index contributed by atoms with van der Waals surface area (Å²) in [5, 5.41) is 2.63. The monoisotopic (exact) mass is 491 g/mol. The number of likely N-dealkylation sites (tertiary alicyclic amines) is 1. The third-order valence-corrected chi connectivity index (χ3v) is 6.45. The predicted molar refractivity (Wildman–Crippen MR) is 133 cm³/mol. The van der Waals surface area contributed by atoms with E-state index in [2.05, 4.69) is 61.9 Å². The van der Waals surface area contributed by atoms with Gasteiger partial charge in [0.25, 0.3) is 5.91 Å². The van der Waals surface area contributed by atoms with E-state index < -0.39 is 11.7 Å². The van der Waals surface area contributed by atoms with E-state index in [9.17, 15) is 9.18 Å². The Bertz CT molecular complexity index is 1340. The fraction of sp³-hybridized carbons (Fsp3) is 0.385. The first-order valence-corrected chi connectivity index (χ1v) is 12.1. The Morgan fingerprint density at radius 1 is 1.17 bits per heavy atom. The SMILES string of the molecule is CN(C)CCn1c(C2CN(CCc3nc(C(=O)NCc4ncccc4F)co3)C2)nc2ccccc21. The average molecular weight is 492 g/mol. The lowest BCUT2D eigenvalue weighted by Crippen LogP contribution is -2.46. The molecule has 1 fully saturated rings. The van der Waals surface area contributed by atoms with Gasteiger partial charge in [-0.2, -0.15) is 0 Å². The second-order valence-corrected chi connectivity index (χ2v) is 9.36. The number of hydrogen-bond acceptors (Lipinski definition) is 7. The molecular weight excluding hydrogens is 461 g/mol. The highest BCUT2D eigenvalue weighted by Crippen LogP contribution is 2.29. The maximum absolute atomic E-state index is 13.7. The maximum atomic E-state index is 13.7. The first-order chi connectivity index (χ1) is 17.5. The van der Waals surface area contributed by atoms with Crippen LogP contribution < -0.4 is 5.32 Å². The summed E-state index contributed by atoms with van der Waals surface area (Å²) in [6.07, 6.45) is 3.43. The van der Waals surface area contributed by atoms with Crippen molar-refractivity contribution in [1.82, 2.24) is 34.6 Å². The van der Waals surface area contributed by atoms with Crippen molar-refractivity contribution in [3.8, 4) is 0 Å². The molecular formula is C26H30FN7O2. The van der Waals surface area contributed by atoms with Gasteiger partial charge in [-0.05, 0) is 38.4 Å². The third-order valence-electron chi connectivity index (χ3n) is 6.45. The molecule has 188 valence electrons. The molecule has 9 nitrogen and oxygen atoms in total. The van der Waals surface area contributed by atoms with E-state index in [0.29, 0.717) is 18.2 Å². The lowest BCUT2D eigenvalue weighted by atomic mass is 9.99. The lowest BCUT2D eigenvalue weighted by molar-refractivity contribution is 0.0945. The number of likely N-dealkylation sites (N-methyl/N-ethyl adjacent to an activating group) is 1. The lowest BCUT2D eigenvalue weighted by Gasteiger charge is -2.38. The Hall–Kier alpha value is -3.63. The van der Waals surface area contributed by atoms with Crippen molar-refractivity contribution in [3.05, 3.63) is 77.8 Å². The van der Waals surface area contributed by atoms with Crippen molar-refractivity contribution in [2.24, 2.45) is 0 Å². The fourth-order valence-electron chi connectivity index (χ4n) is 4.44. The standard InChI is InChI=1S/C26H30FN7O2/c1-32(2)12-13-34-23-8-4-3-7-20(23)31-25(34)18-15-33(16-18)11-9-24-30-22(17-36-24)26(35)29-14-21-19(27)6-5-10-28-21/h3-8,10,17-18H,9,11-16H2,1-2H3,(H,29,35). The predicted octanol–water partition coefficient (Wildman–Crippen LogP) is 2.69. The van der Waals surface area contributed by atoms with Crippen LogP contribution in [0.15, 0.2) is 53.3 Å². The first-order valence-electron chi connectivity index (χ1n) is 12.1. The number of pyridine rings is 1. The zero-order valence-electron chi connectivity index (χ0n) is 20.5. The van der Waals surface area contributed by atoms with Gasteiger partial charge < -0.3 is 24.1 Å². The highest BCUT2D eigenvalue weighted by atomic mass is 19.1. The van der Waals surface area contributed by atoms with Gasteiger partial charge >= 0.3 is 0 Å². The molecule has 1 amide bonds. The van der Waals surface area contributed by atoms with E-state index in [1.165, 1.54) is 30.1 Å². The van der Waals surface area contributed by atoms with E-state index >= 15 is 0 Å². The molecule has 0 spiro atoms. The van der Waals surface area contributed by atoms with Crippen LogP contribution in [0.25, 0.3) is 11.0 Å². The number of para-hydroxylation sites is 2. The molecule has 1 N–H and O–H groups in total. The zero-order chi connectivity index (χ0) is 25.1. The summed E-state index contributed by atoms with van der Waals surface area (Å²) < 4.78 is 21.5. The summed E-state index contributed by atoms with van der Waals surface area (Å²) in [5.74, 6) is 1.16. The number of imidazole rings is 1. The van der Waals surface area contributed by atoms with Crippen LogP contribution in [0.4, 0.5) is 4.39 Å². The van der Waals surface area contributed by atoms with E-state index in [-0.39, 0.29) is 17.9 Å². The quantitative estimate of drug-likeness (QED) is 0.365. The highest BCUT2D eigenvalue weighted by Gasteiger charge is 2.32. The highest BCUT2D eigenvalue weighted by molar-refractivity contribution is 5.91. The third kappa shape index (κ3) is 5.29. The number of fused-ring (bicyclic) bond motifs is 1. The molecule has 0 saturated carbocycles. The Morgan fingerprint density at radius 3 is 2.81 bits per heavy atom. The largest absolute Gasteiger partial charge is 0.448 e. The molecule has 4 aromatic rings. The minimum Gasteiger partial charge on any atom is -0.448 e. The Kier molecular flexibility index (Phi) is 7.06. The molecule has 4 heterocycles. The smallest absolute Gasteiger partial charge is 0.273 e. The Balaban J connectivity index is 1.13. The van der Waals surface area contributed by atoms with E-state index in [0.717, 1.165) is 44.1 Å². The number of aromatic nitrogens is 4. The number of amides is 1. The molecule has 1 aliphatic rings. The molecule has 5 rings (SSSR count). The molecule has 0 atom stereocenters. The van der Waals surface area contributed by atoms with E-state index in [1.54, 1.807) is 0 Å². The van der Waals surface area contributed by atoms with Crippen molar-refractivity contribution >= 4 is 16.9 Å². The second kappa shape index (κ2) is 10.5. The topological polar surface area (TPSA) is 92.3 Å². The molecule has 1 aromatic carbocycles. The number of hydrogen-bond donors (Lipinski definition) is 1. The molecule has 10 heteroatoms. The summed E-state index contributed by atoms with van der Waals surface area (Å²) in [7, 11) is 4.17. The van der Waals surface area contributed by atoms with Crippen molar-refractivity contribution < 1.29 is 13.6 Å². The maximum Gasteiger partial charge on any atom is 0.273 e. The van der Waals surface area contributed by atoms with E-state index in [1.807, 2.05) is 6.07 Å². The number of nitrogens with zero attached hydrogens (tertiary/aromatic N) is 6. The second-order valence-electron chi connectivity index (χ2n) is 9.36. The number of oxazole rings is 1. The van der Waals surface area contributed by atoms with Crippen LogP contribution in [-0.2, 0) is 19.5 Å². The van der Waals surface area contributed by atoms with Gasteiger partial charge in [0.05, 0.1) is 23.3 Å². The molecule has 36 heavy (non-hydrogen) atoms. The minimum absolute atomic E-state index is 0.0117. The number of benzene rings is 1. The van der Waals surface area contributed by atoms with Crippen LogP contribution in [-0.4, -0.2) is 75.5 Å². The van der Waals surface area contributed by atoms with Crippen molar-refractivity contribution in [2.45, 2.75) is 25.4 Å². The average Bonchev–Trinajstić information content (AvgIpc) is 3.46. The molecule has 3 aromatic heterocycles. The van der Waals surface area contributed by atoms with Crippen LogP contribution in [0.3, 0.4) is 0 Å². The molecule has 1 aliphatic heterocycles. The number of halogens is 1. The first kappa shape index (κ1) is 24.1. The summed E-state index contributed by atoms with van der Waals surface area (Å²) in [6, 6.07) is 11.1. The Morgan fingerprint density at radius 2 is 2.00 bits per heavy atom. The molecule has 0 bridgehead atoms. The normalized spacial score (nSPS) is 14.4. The van der Waals surface area contributed by atoms with Crippen molar-refractivity contribution in [2.75, 3.05) is 40.3 Å². The molecule has 0 aliphatic carbocycles. The van der Waals surface area contributed by atoms with Gasteiger partial charge in [-0.3, -0.25) is 9.78 Å². The van der Waals surface area contributed by atoms with Crippen molar-refractivity contribution in [3.63, 3.8) is 0 Å². The van der Waals surface area contributed by atoms with Crippen LogP contribution in [0, 0.1) is 5.82 Å². The number of nitrogens with one attached hydrogen (secondary N) is 1. The van der Waals surface area contributed by atoms with Crippen LogP contribution in [0.5, 0.6) is 0 Å². The van der Waals surface area contributed by atoms with Crippen LogP contribution in [0.2, 0.25) is 0 Å². The molecule has 0 radical (unpaired) electrons. The van der Waals surface area contributed by atoms with Gasteiger partial charge in [-0.15, -0.1) is 0 Å². The summed E-state index contributed by atoms with van der Waals surface area (Å²) >= 11 is 0. The number of rotatable bonds is 10.